The molecule has 0 heteroatoms. The fourth-order valence-corrected chi connectivity index (χ4v) is 5.74. The summed E-state index contributed by atoms with van der Waals surface area (Å²) in [5, 5.41) is 0. The van der Waals surface area contributed by atoms with E-state index in [-0.39, 0.29) is 0 Å². The van der Waals surface area contributed by atoms with Gasteiger partial charge in [-0.25, -0.2) is 0 Å². The van der Waals surface area contributed by atoms with Gasteiger partial charge in [-0.05, 0) is 125 Å². The molecule has 0 radical (unpaired) electrons. The highest BCUT2D eigenvalue weighted by molar-refractivity contribution is 5.98. The van der Waals surface area contributed by atoms with E-state index in [1.165, 1.54) is 55.6 Å². The first-order chi connectivity index (χ1) is 17.8. The van der Waals surface area contributed by atoms with Crippen LogP contribution in [-0.2, 0) is 0 Å². The maximum atomic E-state index is 9.55. The molecule has 0 aliphatic heterocycles. The van der Waals surface area contributed by atoms with Crippen LogP contribution in [-0.4, -0.2) is 0 Å². The molecular formula is C36H34. The van der Waals surface area contributed by atoms with Gasteiger partial charge in [-0.15, -0.1) is 0 Å². The molecule has 0 aromatic heterocycles. The van der Waals surface area contributed by atoms with Crippen molar-refractivity contribution in [2.75, 3.05) is 0 Å². The van der Waals surface area contributed by atoms with Gasteiger partial charge in [0, 0.05) is 0 Å². The van der Waals surface area contributed by atoms with Gasteiger partial charge in [0.05, 0.1) is 1.37 Å². The van der Waals surface area contributed by atoms with E-state index in [4.69, 9.17) is 0 Å². The smallest absolute Gasteiger partial charge is 0.0617 e. The van der Waals surface area contributed by atoms with Gasteiger partial charge >= 0.3 is 0 Å². The van der Waals surface area contributed by atoms with E-state index < -0.39 is 0 Å². The molecule has 0 atom stereocenters. The Kier molecular flexibility index (Phi) is 6.03. The van der Waals surface area contributed by atoms with Crippen LogP contribution in [0, 0.1) is 41.5 Å². The molecule has 5 aromatic rings. The molecule has 0 nitrogen and oxygen atoms in total. The van der Waals surface area contributed by atoms with E-state index in [0.29, 0.717) is 6.04 Å². The lowest BCUT2D eigenvalue weighted by Crippen LogP contribution is -1.97. The lowest BCUT2D eigenvalue weighted by atomic mass is 9.82. The first kappa shape index (κ1) is 22.6. The van der Waals surface area contributed by atoms with Crippen LogP contribution in [0.5, 0.6) is 0 Å². The molecule has 0 aliphatic rings. The second-order valence-electron chi connectivity index (χ2n) is 10.0. The maximum absolute atomic E-state index is 9.55. The Labute approximate surface area is 217 Å². The van der Waals surface area contributed by atoms with E-state index in [1.807, 2.05) is 0 Å². The van der Waals surface area contributed by atoms with Crippen molar-refractivity contribution in [3.8, 4) is 44.5 Å². The maximum Gasteiger partial charge on any atom is 0.0636 e. The molecule has 0 heterocycles. The molecule has 0 aliphatic carbocycles. The van der Waals surface area contributed by atoms with Gasteiger partial charge in [0.15, 0.2) is 0 Å². The van der Waals surface area contributed by atoms with Crippen molar-refractivity contribution in [1.29, 1.82) is 0 Å². The zero-order valence-corrected chi connectivity index (χ0v) is 22.2. The van der Waals surface area contributed by atoms with Gasteiger partial charge < -0.3 is 0 Å². The van der Waals surface area contributed by atoms with Gasteiger partial charge in [0.1, 0.15) is 0 Å². The van der Waals surface area contributed by atoms with Crippen molar-refractivity contribution in [3.05, 3.63) is 130 Å². The van der Waals surface area contributed by atoms with Crippen molar-refractivity contribution in [2.45, 2.75) is 41.5 Å². The van der Waals surface area contributed by atoms with Crippen LogP contribution < -0.4 is 0 Å². The molecule has 0 spiro atoms. The Morgan fingerprint density at radius 1 is 0.361 bits per heavy atom. The first-order valence-corrected chi connectivity index (χ1v) is 12.7. The summed E-state index contributed by atoms with van der Waals surface area (Å²) >= 11 is 0. The Balaban J connectivity index is 1.92. The van der Waals surface area contributed by atoms with E-state index in [2.05, 4.69) is 133 Å². The monoisotopic (exact) mass is 467 g/mol. The minimum absolute atomic E-state index is 0.575. The molecule has 0 saturated heterocycles. The number of aryl methyl sites for hydroxylation is 6. The quantitative estimate of drug-likeness (QED) is 0.247. The zero-order valence-electron chi connectivity index (χ0n) is 23.2. The van der Waals surface area contributed by atoms with Crippen LogP contribution in [0.3, 0.4) is 0 Å². The SMILES string of the molecule is [2H]c1c(-c2c(C)cccc2C)cccc1-c1c(-c2c(C)cccc2C)cccc1-c1c(C)cccc1C. The van der Waals surface area contributed by atoms with E-state index in [0.717, 1.165) is 22.3 Å². The number of rotatable bonds is 4. The van der Waals surface area contributed by atoms with E-state index in [1.54, 1.807) is 0 Å². The highest BCUT2D eigenvalue weighted by Gasteiger charge is 2.19. The Hall–Kier alpha value is -3.90. The first-order valence-electron chi connectivity index (χ1n) is 13.2. The van der Waals surface area contributed by atoms with Crippen LogP contribution in [0.1, 0.15) is 34.8 Å². The molecule has 5 aromatic carbocycles. The largest absolute Gasteiger partial charge is 0.0636 e. The minimum atomic E-state index is 0.575. The summed E-state index contributed by atoms with van der Waals surface area (Å²) in [5.74, 6) is 0. The normalized spacial score (nSPS) is 11.4. The zero-order chi connectivity index (χ0) is 26.3. The van der Waals surface area contributed by atoms with Gasteiger partial charge in [0.25, 0.3) is 0 Å². The van der Waals surface area contributed by atoms with Crippen molar-refractivity contribution >= 4 is 0 Å². The van der Waals surface area contributed by atoms with Crippen molar-refractivity contribution in [3.63, 3.8) is 0 Å². The lowest BCUT2D eigenvalue weighted by molar-refractivity contribution is 1.36. The summed E-state index contributed by atoms with van der Waals surface area (Å²) in [6.07, 6.45) is 0. The summed E-state index contributed by atoms with van der Waals surface area (Å²) in [4.78, 5) is 0. The number of benzene rings is 5. The molecule has 0 N–H and O–H groups in total. The second-order valence-corrected chi connectivity index (χ2v) is 10.0. The highest BCUT2D eigenvalue weighted by atomic mass is 14.2. The topological polar surface area (TPSA) is 0 Å². The average molecular weight is 468 g/mol. The van der Waals surface area contributed by atoms with Gasteiger partial charge in [-0.2, -0.15) is 0 Å². The van der Waals surface area contributed by atoms with Crippen LogP contribution >= 0.6 is 0 Å². The molecular weight excluding hydrogens is 432 g/mol. The predicted molar refractivity (Wildman–Crippen MR) is 157 cm³/mol. The third kappa shape index (κ3) is 4.18. The Morgan fingerprint density at radius 3 is 1.08 bits per heavy atom. The van der Waals surface area contributed by atoms with Crippen molar-refractivity contribution in [2.24, 2.45) is 0 Å². The molecule has 0 saturated carbocycles. The lowest BCUT2D eigenvalue weighted by Gasteiger charge is -2.21. The van der Waals surface area contributed by atoms with Crippen LogP contribution in [0.25, 0.3) is 44.5 Å². The number of hydrogen-bond acceptors (Lipinski definition) is 0. The van der Waals surface area contributed by atoms with E-state index in [9.17, 15) is 1.37 Å². The molecule has 0 amide bonds. The fourth-order valence-electron chi connectivity index (χ4n) is 5.74. The van der Waals surface area contributed by atoms with Crippen molar-refractivity contribution in [1.82, 2.24) is 0 Å². The molecule has 0 bridgehead atoms. The minimum Gasteiger partial charge on any atom is -0.0617 e. The second kappa shape index (κ2) is 9.63. The van der Waals surface area contributed by atoms with Crippen molar-refractivity contribution < 1.29 is 1.37 Å². The van der Waals surface area contributed by atoms with Gasteiger partial charge in [0.2, 0.25) is 0 Å². The fraction of sp³-hybridized carbons (Fsp3) is 0.167. The van der Waals surface area contributed by atoms with Crippen LogP contribution in [0.4, 0.5) is 0 Å². The summed E-state index contributed by atoms with van der Waals surface area (Å²) in [6, 6.07) is 32.9. The highest BCUT2D eigenvalue weighted by Crippen LogP contribution is 2.44. The Morgan fingerprint density at radius 2 is 0.667 bits per heavy atom. The standard InChI is InChI=1S/C36H34/c1-23-12-7-13-24(2)33(23)29-18-10-19-30(22-29)36-31(34-25(3)14-8-15-26(34)4)20-11-21-32(36)35-27(5)16-9-17-28(35)6/h7-22H,1-6H3/i22D. The number of hydrogen-bond donors (Lipinski definition) is 0. The molecule has 178 valence electrons. The summed E-state index contributed by atoms with van der Waals surface area (Å²) in [7, 11) is 0. The summed E-state index contributed by atoms with van der Waals surface area (Å²) < 4.78 is 9.55. The van der Waals surface area contributed by atoms with Gasteiger partial charge in [-0.1, -0.05) is 91.0 Å². The van der Waals surface area contributed by atoms with Crippen LogP contribution in [0.15, 0.2) is 97.0 Å². The molecule has 36 heavy (non-hydrogen) atoms. The summed E-state index contributed by atoms with van der Waals surface area (Å²) in [5.41, 5.74) is 16.5. The average Bonchev–Trinajstić information content (AvgIpc) is 2.85. The predicted octanol–water partition coefficient (Wildman–Crippen LogP) is 10.2. The van der Waals surface area contributed by atoms with Crippen LogP contribution in [0.2, 0.25) is 0 Å². The third-order valence-corrected chi connectivity index (χ3v) is 7.38. The van der Waals surface area contributed by atoms with Gasteiger partial charge in [-0.3, -0.25) is 0 Å². The van der Waals surface area contributed by atoms with E-state index >= 15 is 0 Å². The molecule has 5 rings (SSSR count). The summed E-state index contributed by atoms with van der Waals surface area (Å²) in [6.45, 7) is 13.0. The molecule has 0 fully saturated rings. The Bertz CT molecular complexity index is 1510. The molecule has 0 unspecified atom stereocenters. The third-order valence-electron chi connectivity index (χ3n) is 7.38.